The largest absolute Gasteiger partial charge is 0.356 e. The van der Waals surface area contributed by atoms with Crippen molar-refractivity contribution in [2.24, 2.45) is 12.8 Å². The molecule has 0 aliphatic heterocycles. The summed E-state index contributed by atoms with van der Waals surface area (Å²) in [5, 5.41) is 2.84. The van der Waals surface area contributed by atoms with Gasteiger partial charge in [-0.1, -0.05) is 0 Å². The maximum atomic E-state index is 11.2. The van der Waals surface area contributed by atoms with Gasteiger partial charge >= 0.3 is 0 Å². The molecule has 84 valence electrons. The molecule has 0 unspecified atom stereocenters. The fraction of sp³-hybridized carbons (Fsp3) is 0.600. The van der Waals surface area contributed by atoms with E-state index in [1.54, 1.807) is 6.20 Å². The van der Waals surface area contributed by atoms with Crippen LogP contribution in [0.4, 0.5) is 0 Å². The molecule has 0 spiro atoms. The maximum absolute atomic E-state index is 11.2. The summed E-state index contributed by atoms with van der Waals surface area (Å²) in [5.41, 5.74) is 5.31. The minimum absolute atomic E-state index is 0.0645. The molecular weight excluding hydrogens is 192 g/mol. The second kappa shape index (κ2) is 6.19. The third kappa shape index (κ3) is 4.12. The second-order valence-electron chi connectivity index (χ2n) is 3.45. The van der Waals surface area contributed by atoms with Crippen LogP contribution in [0.1, 0.15) is 18.7 Å². The predicted molar refractivity (Wildman–Crippen MR) is 58.2 cm³/mol. The first kappa shape index (κ1) is 11.7. The third-order valence-corrected chi connectivity index (χ3v) is 2.20. The highest BCUT2D eigenvalue weighted by molar-refractivity contribution is 5.75. The van der Waals surface area contributed by atoms with Crippen LogP contribution in [0.25, 0.3) is 0 Å². The summed E-state index contributed by atoms with van der Waals surface area (Å²) in [4.78, 5) is 15.4. The first-order chi connectivity index (χ1) is 7.24. The first-order valence-corrected chi connectivity index (χ1v) is 5.17. The van der Waals surface area contributed by atoms with Crippen LogP contribution >= 0.6 is 0 Å². The standard InChI is InChI=1S/C10H18N4O/c1-14-8-7-12-9(14)4-6-13-10(15)3-2-5-11/h7-8H,2-6,11H2,1H3,(H,13,15). The average Bonchev–Trinajstić information content (AvgIpc) is 2.61. The van der Waals surface area contributed by atoms with Gasteiger partial charge in [0.15, 0.2) is 0 Å². The van der Waals surface area contributed by atoms with E-state index in [0.717, 1.165) is 18.7 Å². The van der Waals surface area contributed by atoms with Crippen molar-refractivity contribution in [3.05, 3.63) is 18.2 Å². The van der Waals surface area contributed by atoms with Gasteiger partial charge in [0, 0.05) is 38.8 Å². The van der Waals surface area contributed by atoms with Crippen molar-refractivity contribution < 1.29 is 4.79 Å². The molecule has 0 saturated heterocycles. The van der Waals surface area contributed by atoms with Gasteiger partial charge < -0.3 is 15.6 Å². The predicted octanol–water partition coefficient (Wildman–Crippen LogP) is -0.182. The normalized spacial score (nSPS) is 10.3. The van der Waals surface area contributed by atoms with Gasteiger partial charge in [-0.3, -0.25) is 4.79 Å². The molecule has 0 aliphatic carbocycles. The number of carbonyl (C=O) groups is 1. The molecule has 0 aromatic carbocycles. The Labute approximate surface area is 89.7 Å². The van der Waals surface area contributed by atoms with Crippen LogP contribution in [-0.4, -0.2) is 28.5 Å². The summed E-state index contributed by atoms with van der Waals surface area (Å²) >= 11 is 0. The van der Waals surface area contributed by atoms with Gasteiger partial charge in [-0.05, 0) is 13.0 Å². The highest BCUT2D eigenvalue weighted by atomic mass is 16.1. The number of imidazole rings is 1. The molecule has 0 fully saturated rings. The van der Waals surface area contributed by atoms with E-state index in [1.807, 2.05) is 17.8 Å². The van der Waals surface area contributed by atoms with E-state index >= 15 is 0 Å². The molecule has 0 aliphatic rings. The third-order valence-electron chi connectivity index (χ3n) is 2.20. The van der Waals surface area contributed by atoms with E-state index in [9.17, 15) is 4.79 Å². The average molecular weight is 210 g/mol. The topological polar surface area (TPSA) is 72.9 Å². The number of amides is 1. The van der Waals surface area contributed by atoms with Crippen molar-refractivity contribution in [1.29, 1.82) is 0 Å². The van der Waals surface area contributed by atoms with Crippen LogP contribution in [0.2, 0.25) is 0 Å². The molecule has 0 saturated carbocycles. The Morgan fingerprint density at radius 1 is 1.67 bits per heavy atom. The van der Waals surface area contributed by atoms with Gasteiger partial charge in [0.25, 0.3) is 0 Å². The van der Waals surface area contributed by atoms with E-state index in [-0.39, 0.29) is 5.91 Å². The number of aryl methyl sites for hydroxylation is 1. The lowest BCUT2D eigenvalue weighted by atomic mass is 10.3. The number of hydrogen-bond acceptors (Lipinski definition) is 3. The van der Waals surface area contributed by atoms with Crippen molar-refractivity contribution in [2.75, 3.05) is 13.1 Å². The molecule has 3 N–H and O–H groups in total. The zero-order valence-corrected chi connectivity index (χ0v) is 9.07. The number of hydrogen-bond donors (Lipinski definition) is 2. The summed E-state index contributed by atoms with van der Waals surface area (Å²) in [7, 11) is 1.94. The fourth-order valence-electron chi connectivity index (χ4n) is 1.30. The maximum Gasteiger partial charge on any atom is 0.220 e. The number of nitrogens with zero attached hydrogens (tertiary/aromatic N) is 2. The zero-order valence-electron chi connectivity index (χ0n) is 9.07. The van der Waals surface area contributed by atoms with Gasteiger partial charge in [-0.25, -0.2) is 4.98 Å². The number of nitrogens with two attached hydrogens (primary N) is 1. The van der Waals surface area contributed by atoms with Crippen molar-refractivity contribution in [3.8, 4) is 0 Å². The molecule has 0 radical (unpaired) electrons. The van der Waals surface area contributed by atoms with Gasteiger partial charge in [0.2, 0.25) is 5.91 Å². The molecule has 5 nitrogen and oxygen atoms in total. The molecule has 5 heteroatoms. The minimum atomic E-state index is 0.0645. The van der Waals surface area contributed by atoms with Gasteiger partial charge in [0.05, 0.1) is 0 Å². The monoisotopic (exact) mass is 210 g/mol. The van der Waals surface area contributed by atoms with Gasteiger partial charge in [-0.2, -0.15) is 0 Å². The lowest BCUT2D eigenvalue weighted by Crippen LogP contribution is -2.26. The molecular formula is C10H18N4O. The summed E-state index contributed by atoms with van der Waals surface area (Å²) in [5.74, 6) is 1.05. The quantitative estimate of drug-likeness (QED) is 0.684. The fourth-order valence-corrected chi connectivity index (χ4v) is 1.30. The van der Waals surface area contributed by atoms with Crippen LogP contribution in [-0.2, 0) is 18.3 Å². The Morgan fingerprint density at radius 3 is 3.07 bits per heavy atom. The van der Waals surface area contributed by atoms with E-state index in [1.165, 1.54) is 0 Å². The lowest BCUT2D eigenvalue weighted by Gasteiger charge is -2.04. The van der Waals surface area contributed by atoms with Crippen molar-refractivity contribution in [3.63, 3.8) is 0 Å². The van der Waals surface area contributed by atoms with Crippen LogP contribution in [0.5, 0.6) is 0 Å². The SMILES string of the molecule is Cn1ccnc1CCNC(=O)CCCN. The number of aromatic nitrogens is 2. The number of rotatable bonds is 6. The van der Waals surface area contributed by atoms with Crippen LogP contribution < -0.4 is 11.1 Å². The Balaban J connectivity index is 2.16. The van der Waals surface area contributed by atoms with Gasteiger partial charge in [0.1, 0.15) is 5.82 Å². The van der Waals surface area contributed by atoms with Crippen LogP contribution in [0.3, 0.4) is 0 Å². The smallest absolute Gasteiger partial charge is 0.220 e. The van der Waals surface area contributed by atoms with Crippen molar-refractivity contribution in [1.82, 2.24) is 14.9 Å². The number of nitrogens with one attached hydrogen (secondary N) is 1. The molecule has 1 aromatic rings. The summed E-state index contributed by atoms with van der Waals surface area (Å²) in [6.07, 6.45) is 5.67. The Kier molecular flexibility index (Phi) is 4.83. The van der Waals surface area contributed by atoms with E-state index in [0.29, 0.717) is 19.5 Å². The van der Waals surface area contributed by atoms with E-state index in [4.69, 9.17) is 5.73 Å². The molecule has 0 atom stereocenters. The molecule has 0 bridgehead atoms. The van der Waals surface area contributed by atoms with Crippen molar-refractivity contribution >= 4 is 5.91 Å². The molecule has 15 heavy (non-hydrogen) atoms. The Bertz CT molecular complexity index is 308. The highest BCUT2D eigenvalue weighted by Crippen LogP contribution is 1.94. The zero-order chi connectivity index (χ0) is 11.1. The number of carbonyl (C=O) groups excluding carboxylic acids is 1. The van der Waals surface area contributed by atoms with Crippen LogP contribution in [0.15, 0.2) is 12.4 Å². The van der Waals surface area contributed by atoms with E-state index in [2.05, 4.69) is 10.3 Å². The highest BCUT2D eigenvalue weighted by Gasteiger charge is 2.01. The second-order valence-corrected chi connectivity index (χ2v) is 3.45. The molecule has 1 amide bonds. The molecule has 1 aromatic heterocycles. The summed E-state index contributed by atoms with van der Waals surface area (Å²) < 4.78 is 1.95. The minimum Gasteiger partial charge on any atom is -0.356 e. The first-order valence-electron chi connectivity index (χ1n) is 5.17. The van der Waals surface area contributed by atoms with Crippen molar-refractivity contribution in [2.45, 2.75) is 19.3 Å². The molecule has 1 heterocycles. The van der Waals surface area contributed by atoms with Gasteiger partial charge in [-0.15, -0.1) is 0 Å². The summed E-state index contributed by atoms with van der Waals surface area (Å²) in [6.45, 7) is 1.20. The summed E-state index contributed by atoms with van der Waals surface area (Å²) in [6, 6.07) is 0. The molecule has 1 rings (SSSR count). The Hall–Kier alpha value is -1.36. The van der Waals surface area contributed by atoms with Crippen LogP contribution in [0, 0.1) is 0 Å². The lowest BCUT2D eigenvalue weighted by molar-refractivity contribution is -0.121. The van der Waals surface area contributed by atoms with E-state index < -0.39 is 0 Å². The Morgan fingerprint density at radius 2 is 2.47 bits per heavy atom.